The van der Waals surface area contributed by atoms with Crippen LogP contribution in [0.25, 0.3) is 11.1 Å². The molecule has 1 aliphatic rings. The highest BCUT2D eigenvalue weighted by Crippen LogP contribution is 2.26. The Balaban J connectivity index is 1.62. The van der Waals surface area contributed by atoms with Crippen molar-refractivity contribution in [1.29, 1.82) is 0 Å². The van der Waals surface area contributed by atoms with E-state index in [2.05, 4.69) is 67.5 Å². The van der Waals surface area contributed by atoms with Crippen molar-refractivity contribution < 1.29 is 9.47 Å². The van der Waals surface area contributed by atoms with Gasteiger partial charge in [-0.05, 0) is 50.2 Å². The van der Waals surface area contributed by atoms with E-state index in [0.29, 0.717) is 13.2 Å². The van der Waals surface area contributed by atoms with E-state index in [-0.39, 0.29) is 6.29 Å². The summed E-state index contributed by atoms with van der Waals surface area (Å²) in [5, 5.41) is 0. The highest BCUT2D eigenvalue weighted by atomic mass is 16.7. The molecule has 0 aliphatic carbocycles. The summed E-state index contributed by atoms with van der Waals surface area (Å²) in [7, 11) is 4.24. The van der Waals surface area contributed by atoms with Crippen LogP contribution in [-0.2, 0) is 15.9 Å². The summed E-state index contributed by atoms with van der Waals surface area (Å²) in [6.07, 6.45) is 2.14. The Morgan fingerprint density at radius 1 is 0.870 bits per heavy atom. The van der Waals surface area contributed by atoms with Crippen LogP contribution in [0.5, 0.6) is 0 Å². The third kappa shape index (κ3) is 4.41. The minimum Gasteiger partial charge on any atom is -0.346 e. The number of hydrogen-bond donors (Lipinski definition) is 0. The summed E-state index contributed by atoms with van der Waals surface area (Å²) < 4.78 is 11.1. The van der Waals surface area contributed by atoms with Gasteiger partial charge in [0.05, 0.1) is 13.2 Å². The molecular formula is C20H25NO2. The van der Waals surface area contributed by atoms with Crippen molar-refractivity contribution in [2.24, 2.45) is 0 Å². The van der Waals surface area contributed by atoms with Crippen molar-refractivity contribution in [3.63, 3.8) is 0 Å². The zero-order valence-electron chi connectivity index (χ0n) is 14.0. The third-order valence-electron chi connectivity index (χ3n) is 4.16. The van der Waals surface area contributed by atoms with Gasteiger partial charge in [-0.1, -0.05) is 48.5 Å². The molecule has 0 atom stereocenters. The maximum atomic E-state index is 5.53. The fraction of sp³-hybridized carbons (Fsp3) is 0.400. The Bertz CT molecular complexity index is 599. The van der Waals surface area contributed by atoms with E-state index in [1.54, 1.807) is 0 Å². The molecule has 0 radical (unpaired) electrons. The molecule has 122 valence electrons. The van der Waals surface area contributed by atoms with E-state index in [9.17, 15) is 0 Å². The SMILES string of the molecule is CN(C)CCCc1ccc(-c2ccc(C3OCCO3)cc2)cc1. The minimum absolute atomic E-state index is 0.192. The molecule has 3 nitrogen and oxygen atoms in total. The molecule has 1 fully saturated rings. The maximum Gasteiger partial charge on any atom is 0.184 e. The van der Waals surface area contributed by atoms with Gasteiger partial charge in [0.15, 0.2) is 6.29 Å². The first-order chi connectivity index (χ1) is 11.2. The number of ether oxygens (including phenoxy) is 2. The first-order valence-electron chi connectivity index (χ1n) is 8.29. The smallest absolute Gasteiger partial charge is 0.184 e. The van der Waals surface area contributed by atoms with Gasteiger partial charge in [-0.2, -0.15) is 0 Å². The van der Waals surface area contributed by atoms with Crippen molar-refractivity contribution in [2.45, 2.75) is 19.1 Å². The summed E-state index contributed by atoms with van der Waals surface area (Å²) >= 11 is 0. The quantitative estimate of drug-likeness (QED) is 0.808. The number of rotatable bonds is 6. The number of nitrogens with zero attached hydrogens (tertiary/aromatic N) is 1. The number of aryl methyl sites for hydroxylation is 1. The molecule has 1 aliphatic heterocycles. The monoisotopic (exact) mass is 311 g/mol. The van der Waals surface area contributed by atoms with Crippen molar-refractivity contribution in [3.05, 3.63) is 59.7 Å². The van der Waals surface area contributed by atoms with Crippen LogP contribution in [-0.4, -0.2) is 38.8 Å². The van der Waals surface area contributed by atoms with E-state index in [0.717, 1.165) is 18.5 Å². The standard InChI is InChI=1S/C20H25NO2/c1-21(2)13-3-4-16-5-7-17(8-6-16)18-9-11-19(12-10-18)20-22-14-15-23-20/h5-12,20H,3-4,13-15H2,1-2H3. The lowest BCUT2D eigenvalue weighted by molar-refractivity contribution is -0.0441. The summed E-state index contributed by atoms with van der Waals surface area (Å²) in [6.45, 7) is 2.50. The van der Waals surface area contributed by atoms with Gasteiger partial charge in [-0.15, -0.1) is 0 Å². The zero-order valence-corrected chi connectivity index (χ0v) is 14.0. The first-order valence-corrected chi connectivity index (χ1v) is 8.29. The molecule has 3 rings (SSSR count). The normalized spacial score (nSPS) is 15.4. The van der Waals surface area contributed by atoms with Crippen molar-refractivity contribution >= 4 is 0 Å². The van der Waals surface area contributed by atoms with E-state index in [1.807, 2.05) is 0 Å². The Hall–Kier alpha value is -1.68. The van der Waals surface area contributed by atoms with Gasteiger partial charge in [0.25, 0.3) is 0 Å². The van der Waals surface area contributed by atoms with E-state index >= 15 is 0 Å². The van der Waals surface area contributed by atoms with Gasteiger partial charge in [0, 0.05) is 5.56 Å². The summed E-state index contributed by atoms with van der Waals surface area (Å²) in [6, 6.07) is 17.4. The van der Waals surface area contributed by atoms with Crippen molar-refractivity contribution in [1.82, 2.24) is 4.90 Å². The first kappa shape index (κ1) is 16.2. The molecule has 23 heavy (non-hydrogen) atoms. The highest BCUT2D eigenvalue weighted by Gasteiger charge is 2.17. The van der Waals surface area contributed by atoms with E-state index < -0.39 is 0 Å². The van der Waals surface area contributed by atoms with Gasteiger partial charge in [-0.25, -0.2) is 0 Å². The van der Waals surface area contributed by atoms with Gasteiger partial charge in [-0.3, -0.25) is 0 Å². The molecule has 1 heterocycles. The lowest BCUT2D eigenvalue weighted by Crippen LogP contribution is -2.13. The second-order valence-corrected chi connectivity index (χ2v) is 6.30. The molecule has 0 bridgehead atoms. The van der Waals surface area contributed by atoms with Crippen LogP contribution in [0.2, 0.25) is 0 Å². The maximum absolute atomic E-state index is 5.53. The summed E-state index contributed by atoms with van der Waals surface area (Å²) in [4.78, 5) is 2.23. The minimum atomic E-state index is -0.192. The summed E-state index contributed by atoms with van der Waals surface area (Å²) in [5.74, 6) is 0. The molecule has 0 N–H and O–H groups in total. The predicted octanol–water partition coefficient (Wildman–Crippen LogP) is 3.89. The zero-order chi connectivity index (χ0) is 16.1. The molecule has 1 saturated heterocycles. The molecule has 0 saturated carbocycles. The fourth-order valence-electron chi connectivity index (χ4n) is 2.85. The molecular weight excluding hydrogens is 286 g/mol. The molecule has 0 amide bonds. The molecule has 2 aromatic rings. The van der Waals surface area contributed by atoms with Crippen LogP contribution < -0.4 is 0 Å². The predicted molar refractivity (Wildman–Crippen MR) is 93.4 cm³/mol. The van der Waals surface area contributed by atoms with Crippen molar-refractivity contribution in [3.8, 4) is 11.1 Å². The average Bonchev–Trinajstić information content (AvgIpc) is 3.10. The van der Waals surface area contributed by atoms with Crippen LogP contribution in [0.1, 0.15) is 23.8 Å². The van der Waals surface area contributed by atoms with Gasteiger partial charge >= 0.3 is 0 Å². The van der Waals surface area contributed by atoms with E-state index in [1.165, 1.54) is 23.1 Å². The largest absolute Gasteiger partial charge is 0.346 e. The number of hydrogen-bond acceptors (Lipinski definition) is 3. The molecule has 2 aromatic carbocycles. The van der Waals surface area contributed by atoms with Crippen LogP contribution in [0, 0.1) is 0 Å². The molecule has 0 spiro atoms. The topological polar surface area (TPSA) is 21.7 Å². The fourth-order valence-corrected chi connectivity index (χ4v) is 2.85. The van der Waals surface area contributed by atoms with Crippen molar-refractivity contribution in [2.75, 3.05) is 33.9 Å². The second-order valence-electron chi connectivity index (χ2n) is 6.30. The van der Waals surface area contributed by atoms with Crippen LogP contribution >= 0.6 is 0 Å². The van der Waals surface area contributed by atoms with Gasteiger partial charge in [0.2, 0.25) is 0 Å². The Kier molecular flexibility index (Phi) is 5.44. The van der Waals surface area contributed by atoms with E-state index in [4.69, 9.17) is 9.47 Å². The van der Waals surface area contributed by atoms with Crippen LogP contribution in [0.4, 0.5) is 0 Å². The number of benzene rings is 2. The van der Waals surface area contributed by atoms with Crippen LogP contribution in [0.3, 0.4) is 0 Å². The third-order valence-corrected chi connectivity index (χ3v) is 4.16. The van der Waals surface area contributed by atoms with Crippen LogP contribution in [0.15, 0.2) is 48.5 Å². The Morgan fingerprint density at radius 2 is 1.43 bits per heavy atom. The van der Waals surface area contributed by atoms with Gasteiger partial charge < -0.3 is 14.4 Å². The average molecular weight is 311 g/mol. The molecule has 3 heteroatoms. The summed E-state index contributed by atoms with van der Waals surface area (Å²) in [5.41, 5.74) is 4.97. The molecule has 0 aromatic heterocycles. The lowest BCUT2D eigenvalue weighted by atomic mass is 10.0. The Morgan fingerprint density at radius 3 is 2.00 bits per heavy atom. The lowest BCUT2D eigenvalue weighted by Gasteiger charge is -2.11. The highest BCUT2D eigenvalue weighted by molar-refractivity contribution is 5.64. The molecule has 0 unspecified atom stereocenters. The van der Waals surface area contributed by atoms with Gasteiger partial charge in [0.1, 0.15) is 0 Å². The second kappa shape index (κ2) is 7.73. The Labute approximate surface area is 138 Å².